The van der Waals surface area contributed by atoms with E-state index in [4.69, 9.17) is 4.84 Å². The van der Waals surface area contributed by atoms with E-state index in [1.165, 1.54) is 24.7 Å². The van der Waals surface area contributed by atoms with Gasteiger partial charge in [-0.05, 0) is 30.4 Å². The molecule has 3 heterocycles. The second kappa shape index (κ2) is 5.85. The standard InChI is InChI=1S/C16H18N6O/c1-23-21-15-6-14(18-10-19-15)17-7-13-9-22-8-12(11-2-3-11)4-5-16(22)20-13/h4-6,8-11H,2-3,7H2,1H3,(H2,17,18,19,21). The molecule has 7 nitrogen and oxygen atoms in total. The molecule has 4 rings (SSSR count). The average Bonchev–Trinajstić information content (AvgIpc) is 3.33. The van der Waals surface area contributed by atoms with Crippen molar-refractivity contribution in [1.29, 1.82) is 0 Å². The van der Waals surface area contributed by atoms with Gasteiger partial charge in [-0.1, -0.05) is 6.07 Å². The third-order valence-corrected chi connectivity index (χ3v) is 3.90. The summed E-state index contributed by atoms with van der Waals surface area (Å²) in [7, 11) is 1.54. The number of hydrogen-bond acceptors (Lipinski definition) is 6. The van der Waals surface area contributed by atoms with Gasteiger partial charge in [0, 0.05) is 18.5 Å². The minimum absolute atomic E-state index is 0.601. The highest BCUT2D eigenvalue weighted by atomic mass is 16.6. The number of aromatic nitrogens is 4. The van der Waals surface area contributed by atoms with Gasteiger partial charge in [0.05, 0.1) is 19.3 Å². The number of nitrogens with one attached hydrogen (secondary N) is 2. The number of pyridine rings is 1. The molecule has 1 aliphatic rings. The summed E-state index contributed by atoms with van der Waals surface area (Å²) < 4.78 is 2.10. The Hall–Kier alpha value is -2.67. The Kier molecular flexibility index (Phi) is 3.55. The van der Waals surface area contributed by atoms with E-state index in [1.807, 2.05) is 0 Å². The third kappa shape index (κ3) is 3.09. The van der Waals surface area contributed by atoms with Crippen LogP contribution in [0.15, 0.2) is 36.9 Å². The van der Waals surface area contributed by atoms with E-state index in [-0.39, 0.29) is 0 Å². The summed E-state index contributed by atoms with van der Waals surface area (Å²) in [5, 5.41) is 3.25. The summed E-state index contributed by atoms with van der Waals surface area (Å²) in [6.07, 6.45) is 8.34. The summed E-state index contributed by atoms with van der Waals surface area (Å²) in [4.78, 5) is 17.7. The molecular weight excluding hydrogens is 292 g/mol. The molecule has 0 aromatic carbocycles. The van der Waals surface area contributed by atoms with Crippen LogP contribution in [0, 0.1) is 0 Å². The van der Waals surface area contributed by atoms with Crippen LogP contribution in [0.3, 0.4) is 0 Å². The molecule has 0 spiro atoms. The van der Waals surface area contributed by atoms with Gasteiger partial charge in [0.25, 0.3) is 0 Å². The highest BCUT2D eigenvalue weighted by molar-refractivity contribution is 5.46. The molecular formula is C16H18N6O. The van der Waals surface area contributed by atoms with Crippen molar-refractivity contribution in [1.82, 2.24) is 19.4 Å². The summed E-state index contributed by atoms with van der Waals surface area (Å²) in [5.41, 5.74) is 6.02. The molecule has 0 amide bonds. The molecule has 0 atom stereocenters. The SMILES string of the molecule is CONc1cc(NCc2cn3cc(C4CC4)ccc3n2)ncn1. The van der Waals surface area contributed by atoms with Crippen LogP contribution < -0.4 is 10.8 Å². The molecule has 0 bridgehead atoms. The molecule has 3 aromatic rings. The summed E-state index contributed by atoms with van der Waals surface area (Å²) in [6.45, 7) is 0.601. The lowest BCUT2D eigenvalue weighted by atomic mass is 10.2. The second-order valence-corrected chi connectivity index (χ2v) is 5.68. The predicted molar refractivity (Wildman–Crippen MR) is 87.2 cm³/mol. The van der Waals surface area contributed by atoms with Crippen molar-refractivity contribution in [2.45, 2.75) is 25.3 Å². The van der Waals surface area contributed by atoms with Crippen molar-refractivity contribution in [3.63, 3.8) is 0 Å². The summed E-state index contributed by atoms with van der Waals surface area (Å²) in [5.74, 6) is 2.07. The molecule has 1 saturated carbocycles. The Morgan fingerprint density at radius 3 is 2.91 bits per heavy atom. The first kappa shape index (κ1) is 14.0. The van der Waals surface area contributed by atoms with E-state index in [0.717, 1.165) is 23.1 Å². The first-order valence-electron chi connectivity index (χ1n) is 7.64. The minimum atomic E-state index is 0.601. The number of anilines is 2. The topological polar surface area (TPSA) is 76.4 Å². The number of imidazole rings is 1. The fourth-order valence-electron chi connectivity index (χ4n) is 2.60. The molecule has 23 heavy (non-hydrogen) atoms. The lowest BCUT2D eigenvalue weighted by molar-refractivity contribution is 0.269. The van der Waals surface area contributed by atoms with Crippen molar-refractivity contribution in [3.8, 4) is 0 Å². The molecule has 2 N–H and O–H groups in total. The van der Waals surface area contributed by atoms with Crippen molar-refractivity contribution < 1.29 is 4.84 Å². The largest absolute Gasteiger partial charge is 0.364 e. The van der Waals surface area contributed by atoms with Crippen LogP contribution in [-0.4, -0.2) is 26.5 Å². The number of nitrogens with zero attached hydrogens (tertiary/aromatic N) is 4. The maximum Gasteiger partial charge on any atom is 0.155 e. The normalized spacial score (nSPS) is 14.1. The zero-order valence-electron chi connectivity index (χ0n) is 12.9. The van der Waals surface area contributed by atoms with Gasteiger partial charge in [0.2, 0.25) is 0 Å². The van der Waals surface area contributed by atoms with Crippen molar-refractivity contribution in [2.24, 2.45) is 0 Å². The van der Waals surface area contributed by atoms with Crippen molar-refractivity contribution in [2.75, 3.05) is 17.9 Å². The van der Waals surface area contributed by atoms with Gasteiger partial charge < -0.3 is 9.72 Å². The summed E-state index contributed by atoms with van der Waals surface area (Å²) in [6, 6.07) is 6.05. The van der Waals surface area contributed by atoms with Gasteiger partial charge >= 0.3 is 0 Å². The predicted octanol–water partition coefficient (Wildman–Crippen LogP) is 2.59. The Morgan fingerprint density at radius 1 is 1.22 bits per heavy atom. The molecule has 0 saturated heterocycles. The van der Waals surface area contributed by atoms with Crippen LogP contribution in [0.4, 0.5) is 11.6 Å². The molecule has 1 fully saturated rings. The molecule has 0 radical (unpaired) electrons. The van der Waals surface area contributed by atoms with Crippen LogP contribution in [0.5, 0.6) is 0 Å². The molecule has 0 unspecified atom stereocenters. The molecule has 118 valence electrons. The summed E-state index contributed by atoms with van der Waals surface area (Å²) >= 11 is 0. The number of hydrogen-bond donors (Lipinski definition) is 2. The van der Waals surface area contributed by atoms with E-state index < -0.39 is 0 Å². The molecule has 7 heteroatoms. The first-order chi connectivity index (χ1) is 11.3. The van der Waals surface area contributed by atoms with Gasteiger partial charge in [-0.25, -0.2) is 20.4 Å². The van der Waals surface area contributed by atoms with E-state index >= 15 is 0 Å². The lowest BCUT2D eigenvalue weighted by Gasteiger charge is -2.05. The monoisotopic (exact) mass is 310 g/mol. The van der Waals surface area contributed by atoms with Gasteiger partial charge in [-0.2, -0.15) is 0 Å². The highest BCUT2D eigenvalue weighted by Crippen LogP contribution is 2.39. The van der Waals surface area contributed by atoms with E-state index in [2.05, 4.69) is 54.7 Å². The first-order valence-corrected chi connectivity index (χ1v) is 7.64. The zero-order chi connectivity index (χ0) is 15.6. The van der Waals surface area contributed by atoms with E-state index in [9.17, 15) is 0 Å². The number of fused-ring (bicyclic) bond motifs is 1. The molecule has 0 aliphatic heterocycles. The van der Waals surface area contributed by atoms with Crippen molar-refractivity contribution >= 4 is 17.3 Å². The maximum absolute atomic E-state index is 4.84. The van der Waals surface area contributed by atoms with E-state index in [1.54, 1.807) is 13.2 Å². The quantitative estimate of drug-likeness (QED) is 0.682. The fourth-order valence-corrected chi connectivity index (χ4v) is 2.60. The average molecular weight is 310 g/mol. The lowest BCUT2D eigenvalue weighted by Crippen LogP contribution is -2.04. The Balaban J connectivity index is 1.48. The van der Waals surface area contributed by atoms with Crippen LogP contribution in [0.25, 0.3) is 5.65 Å². The second-order valence-electron chi connectivity index (χ2n) is 5.68. The van der Waals surface area contributed by atoms with Gasteiger partial charge in [-0.3, -0.25) is 4.84 Å². The highest BCUT2D eigenvalue weighted by Gasteiger charge is 2.23. The van der Waals surface area contributed by atoms with Crippen LogP contribution >= 0.6 is 0 Å². The van der Waals surface area contributed by atoms with Gasteiger partial charge in [0.15, 0.2) is 5.82 Å². The minimum Gasteiger partial charge on any atom is -0.364 e. The van der Waals surface area contributed by atoms with Crippen LogP contribution in [-0.2, 0) is 11.4 Å². The van der Waals surface area contributed by atoms with Crippen LogP contribution in [0.2, 0.25) is 0 Å². The van der Waals surface area contributed by atoms with Crippen LogP contribution in [0.1, 0.15) is 30.0 Å². The Morgan fingerprint density at radius 2 is 2.09 bits per heavy atom. The van der Waals surface area contributed by atoms with Crippen molar-refractivity contribution in [3.05, 3.63) is 48.2 Å². The van der Waals surface area contributed by atoms with E-state index in [0.29, 0.717) is 12.4 Å². The molecule has 3 aromatic heterocycles. The Labute approximate surface area is 133 Å². The maximum atomic E-state index is 4.84. The number of rotatable bonds is 6. The molecule has 1 aliphatic carbocycles. The third-order valence-electron chi connectivity index (χ3n) is 3.90. The smallest absolute Gasteiger partial charge is 0.155 e. The Bertz CT molecular complexity index is 826. The van der Waals surface area contributed by atoms with Gasteiger partial charge in [0.1, 0.15) is 17.8 Å². The fraction of sp³-hybridized carbons (Fsp3) is 0.312. The van der Waals surface area contributed by atoms with Gasteiger partial charge in [-0.15, -0.1) is 0 Å². The zero-order valence-corrected chi connectivity index (χ0v) is 12.9.